The maximum atomic E-state index is 6.96. The van der Waals surface area contributed by atoms with Gasteiger partial charge in [-0.15, -0.1) is 0 Å². The number of furan rings is 2. The van der Waals surface area contributed by atoms with E-state index in [4.69, 9.17) is 8.83 Å². The van der Waals surface area contributed by atoms with Crippen LogP contribution in [-0.4, -0.2) is 4.57 Å². The molecule has 12 aromatic rings. The van der Waals surface area contributed by atoms with Crippen molar-refractivity contribution in [1.29, 1.82) is 0 Å². The molecule has 0 saturated heterocycles. The van der Waals surface area contributed by atoms with Crippen LogP contribution in [0.5, 0.6) is 0 Å². The summed E-state index contributed by atoms with van der Waals surface area (Å²) in [6.07, 6.45) is 0. The summed E-state index contributed by atoms with van der Waals surface area (Å²) in [5.41, 5.74) is 14.3. The molecule has 4 nitrogen and oxygen atoms in total. The second kappa shape index (κ2) is 12.9. The molecule has 0 saturated carbocycles. The molecule has 0 N–H and O–H groups in total. The van der Waals surface area contributed by atoms with Gasteiger partial charge >= 0.3 is 0 Å². The first-order valence-electron chi connectivity index (χ1n) is 19.7. The van der Waals surface area contributed by atoms with E-state index in [2.05, 4.69) is 198 Å². The SMILES string of the molecule is c1ccc(-c2cccc(N(c3cccc4oc5ccccc5c34)c3ccc(-c4cccc(-n5c6ccccc6c6ccccc65)c4)c4oc5ccccc5c34)c2)cc1. The molecule has 0 radical (unpaired) electrons. The molecule has 0 amide bonds. The summed E-state index contributed by atoms with van der Waals surface area (Å²) in [7, 11) is 0. The Balaban J connectivity index is 1.13. The fourth-order valence-corrected chi connectivity index (χ4v) is 9.04. The van der Waals surface area contributed by atoms with E-state index in [1.165, 1.54) is 21.8 Å². The molecule has 58 heavy (non-hydrogen) atoms. The number of fused-ring (bicyclic) bond motifs is 9. The van der Waals surface area contributed by atoms with Gasteiger partial charge in [-0.25, -0.2) is 0 Å². The van der Waals surface area contributed by atoms with Gasteiger partial charge in [-0.3, -0.25) is 0 Å². The van der Waals surface area contributed by atoms with E-state index in [1.54, 1.807) is 0 Å². The summed E-state index contributed by atoms with van der Waals surface area (Å²) in [6.45, 7) is 0. The Labute approximate surface area is 334 Å². The van der Waals surface area contributed by atoms with Gasteiger partial charge in [-0.1, -0.05) is 133 Å². The van der Waals surface area contributed by atoms with Crippen LogP contribution in [0.25, 0.3) is 93.6 Å². The van der Waals surface area contributed by atoms with E-state index in [9.17, 15) is 0 Å². The Morgan fingerprint density at radius 2 is 0.931 bits per heavy atom. The number of benzene rings is 9. The molecule has 272 valence electrons. The lowest BCUT2D eigenvalue weighted by Gasteiger charge is -2.28. The minimum absolute atomic E-state index is 0.839. The minimum atomic E-state index is 0.839. The fraction of sp³-hybridized carbons (Fsp3) is 0. The predicted molar refractivity (Wildman–Crippen MR) is 241 cm³/mol. The van der Waals surface area contributed by atoms with Crippen LogP contribution in [-0.2, 0) is 0 Å². The topological polar surface area (TPSA) is 34.5 Å². The highest BCUT2D eigenvalue weighted by atomic mass is 16.3. The average molecular weight is 743 g/mol. The van der Waals surface area contributed by atoms with Crippen LogP contribution in [0.4, 0.5) is 17.1 Å². The first-order chi connectivity index (χ1) is 28.8. The largest absolute Gasteiger partial charge is 0.456 e. The van der Waals surface area contributed by atoms with Crippen molar-refractivity contribution in [2.75, 3.05) is 4.90 Å². The highest BCUT2D eigenvalue weighted by Gasteiger charge is 2.25. The molecule has 4 heteroatoms. The molecule has 0 spiro atoms. The Hall–Kier alpha value is -7.82. The van der Waals surface area contributed by atoms with E-state index in [0.717, 1.165) is 88.9 Å². The van der Waals surface area contributed by atoms with Crippen LogP contribution in [0.15, 0.2) is 215 Å². The van der Waals surface area contributed by atoms with Crippen molar-refractivity contribution in [3.63, 3.8) is 0 Å². The Kier molecular flexibility index (Phi) is 7.20. The normalized spacial score (nSPS) is 11.8. The highest BCUT2D eigenvalue weighted by Crippen LogP contribution is 2.49. The zero-order valence-corrected chi connectivity index (χ0v) is 31.3. The molecular formula is C54H34N2O2. The van der Waals surface area contributed by atoms with Crippen molar-refractivity contribution < 1.29 is 8.83 Å². The quantitative estimate of drug-likeness (QED) is 0.170. The van der Waals surface area contributed by atoms with Gasteiger partial charge in [0.2, 0.25) is 0 Å². The van der Waals surface area contributed by atoms with Gasteiger partial charge in [0.25, 0.3) is 0 Å². The number of rotatable bonds is 6. The zero-order valence-electron chi connectivity index (χ0n) is 31.3. The number of anilines is 3. The summed E-state index contributed by atoms with van der Waals surface area (Å²) in [5.74, 6) is 0. The summed E-state index contributed by atoms with van der Waals surface area (Å²) in [6, 6.07) is 73.1. The molecule has 3 heterocycles. The maximum absolute atomic E-state index is 6.96. The second-order valence-electron chi connectivity index (χ2n) is 14.9. The first-order valence-corrected chi connectivity index (χ1v) is 19.7. The molecule has 9 aromatic carbocycles. The monoisotopic (exact) mass is 742 g/mol. The van der Waals surface area contributed by atoms with Crippen LogP contribution in [0, 0.1) is 0 Å². The fourth-order valence-electron chi connectivity index (χ4n) is 9.04. The van der Waals surface area contributed by atoms with Gasteiger partial charge in [0, 0.05) is 38.5 Å². The smallest absolute Gasteiger partial charge is 0.145 e. The number of aromatic nitrogens is 1. The van der Waals surface area contributed by atoms with Gasteiger partial charge in [0.1, 0.15) is 22.3 Å². The van der Waals surface area contributed by atoms with Crippen molar-refractivity contribution in [2.45, 2.75) is 0 Å². The number of para-hydroxylation sites is 4. The second-order valence-corrected chi connectivity index (χ2v) is 14.9. The number of hydrogen-bond acceptors (Lipinski definition) is 3. The number of nitrogens with zero attached hydrogens (tertiary/aromatic N) is 2. The van der Waals surface area contributed by atoms with Crippen molar-refractivity contribution in [3.8, 4) is 27.9 Å². The van der Waals surface area contributed by atoms with E-state index in [-0.39, 0.29) is 0 Å². The Morgan fingerprint density at radius 1 is 0.362 bits per heavy atom. The molecule has 0 aliphatic heterocycles. The summed E-state index contributed by atoms with van der Waals surface area (Å²) < 4.78 is 15.8. The zero-order chi connectivity index (χ0) is 38.2. The lowest BCUT2D eigenvalue weighted by Crippen LogP contribution is -2.11. The Bertz CT molecular complexity index is 3480. The lowest BCUT2D eigenvalue weighted by molar-refractivity contribution is 0.669. The van der Waals surface area contributed by atoms with Crippen molar-refractivity contribution >= 4 is 82.7 Å². The van der Waals surface area contributed by atoms with E-state index >= 15 is 0 Å². The minimum Gasteiger partial charge on any atom is -0.456 e. The molecule has 0 aliphatic carbocycles. The summed E-state index contributed by atoms with van der Waals surface area (Å²) in [5, 5.41) is 6.72. The standard InChI is InChI=1S/C54H34N2O2/c1-2-15-35(16-3-1)36-17-12-19-38(33-36)56(47-27-14-30-51-52(47)43-23-6-10-28-49(43)57-51)48-32-31-40(54-53(48)44-24-7-11-29-50(44)58-54)37-18-13-20-39(34-37)55-45-25-8-4-21-41(45)42-22-5-9-26-46(42)55/h1-34H. The van der Waals surface area contributed by atoms with Crippen LogP contribution < -0.4 is 4.90 Å². The van der Waals surface area contributed by atoms with Gasteiger partial charge in [-0.05, 0) is 89.5 Å². The predicted octanol–water partition coefficient (Wildman–Crippen LogP) is 15.4. The van der Waals surface area contributed by atoms with Crippen molar-refractivity contribution in [1.82, 2.24) is 4.57 Å². The third kappa shape index (κ3) is 4.95. The third-order valence-corrected chi connectivity index (χ3v) is 11.6. The van der Waals surface area contributed by atoms with Crippen LogP contribution >= 0.6 is 0 Å². The lowest BCUT2D eigenvalue weighted by atomic mass is 9.98. The number of hydrogen-bond donors (Lipinski definition) is 0. The molecular weight excluding hydrogens is 709 g/mol. The average Bonchev–Trinajstić information content (AvgIpc) is 3.98. The summed E-state index contributed by atoms with van der Waals surface area (Å²) >= 11 is 0. The van der Waals surface area contributed by atoms with Crippen LogP contribution in [0.1, 0.15) is 0 Å². The van der Waals surface area contributed by atoms with Gasteiger partial charge < -0.3 is 18.3 Å². The van der Waals surface area contributed by atoms with Gasteiger partial charge in [-0.2, -0.15) is 0 Å². The highest BCUT2D eigenvalue weighted by molar-refractivity contribution is 6.20. The molecule has 12 rings (SSSR count). The van der Waals surface area contributed by atoms with E-state index in [1.807, 2.05) is 18.2 Å². The van der Waals surface area contributed by atoms with Crippen molar-refractivity contribution in [2.24, 2.45) is 0 Å². The molecule has 0 atom stereocenters. The molecule has 0 aliphatic rings. The molecule has 3 aromatic heterocycles. The van der Waals surface area contributed by atoms with Gasteiger partial charge in [0.05, 0.1) is 33.2 Å². The third-order valence-electron chi connectivity index (χ3n) is 11.6. The molecule has 0 bridgehead atoms. The van der Waals surface area contributed by atoms with Gasteiger partial charge in [0.15, 0.2) is 0 Å². The molecule has 0 unspecified atom stereocenters. The van der Waals surface area contributed by atoms with E-state index < -0.39 is 0 Å². The Morgan fingerprint density at radius 3 is 1.71 bits per heavy atom. The van der Waals surface area contributed by atoms with Crippen LogP contribution in [0.3, 0.4) is 0 Å². The van der Waals surface area contributed by atoms with Crippen molar-refractivity contribution in [3.05, 3.63) is 206 Å². The summed E-state index contributed by atoms with van der Waals surface area (Å²) in [4.78, 5) is 2.39. The molecule has 0 fully saturated rings. The van der Waals surface area contributed by atoms with E-state index in [0.29, 0.717) is 0 Å². The van der Waals surface area contributed by atoms with Crippen LogP contribution in [0.2, 0.25) is 0 Å². The maximum Gasteiger partial charge on any atom is 0.145 e. The first kappa shape index (κ1) is 32.4.